The number of aromatic nitrogens is 4. The molecule has 5 nitrogen and oxygen atoms in total. The van der Waals surface area contributed by atoms with Crippen molar-refractivity contribution in [2.75, 3.05) is 0 Å². The summed E-state index contributed by atoms with van der Waals surface area (Å²) in [5.74, 6) is 1.82. The van der Waals surface area contributed by atoms with Gasteiger partial charge in [0.15, 0.2) is 5.16 Å². The summed E-state index contributed by atoms with van der Waals surface area (Å²) >= 11 is 1.58. The fourth-order valence-corrected chi connectivity index (χ4v) is 2.74. The van der Waals surface area contributed by atoms with E-state index in [1.54, 1.807) is 24.9 Å². The van der Waals surface area contributed by atoms with Crippen LogP contribution in [0.3, 0.4) is 0 Å². The fourth-order valence-electron chi connectivity index (χ4n) is 1.94. The van der Waals surface area contributed by atoms with Gasteiger partial charge in [-0.05, 0) is 18.6 Å². The van der Waals surface area contributed by atoms with Crippen LogP contribution in [0.5, 0.6) is 0 Å². The highest BCUT2D eigenvalue weighted by Crippen LogP contribution is 2.25. The number of nitrogens with zero attached hydrogens (tertiary/aromatic N) is 4. The van der Waals surface area contributed by atoms with E-state index in [-0.39, 0.29) is 0 Å². The van der Waals surface area contributed by atoms with Gasteiger partial charge in [0, 0.05) is 19.3 Å². The SMILES string of the molecule is Cc1nnc(CSc2nccn2-c2ccccc2C)o1. The highest BCUT2D eigenvalue weighted by molar-refractivity contribution is 7.98. The summed E-state index contributed by atoms with van der Waals surface area (Å²) < 4.78 is 7.44. The molecule has 0 aliphatic carbocycles. The first kappa shape index (κ1) is 12.9. The normalized spacial score (nSPS) is 10.9. The van der Waals surface area contributed by atoms with Gasteiger partial charge in [-0.3, -0.25) is 4.57 Å². The van der Waals surface area contributed by atoms with Crippen LogP contribution in [-0.2, 0) is 5.75 Å². The van der Waals surface area contributed by atoms with E-state index in [0.717, 1.165) is 10.8 Å². The van der Waals surface area contributed by atoms with E-state index >= 15 is 0 Å². The summed E-state index contributed by atoms with van der Waals surface area (Å²) in [7, 11) is 0. The van der Waals surface area contributed by atoms with Gasteiger partial charge in [-0.15, -0.1) is 10.2 Å². The van der Waals surface area contributed by atoms with Crippen molar-refractivity contribution < 1.29 is 4.42 Å². The number of hydrogen-bond donors (Lipinski definition) is 0. The van der Waals surface area contributed by atoms with Gasteiger partial charge in [0.2, 0.25) is 11.8 Å². The van der Waals surface area contributed by atoms with E-state index in [2.05, 4.69) is 38.8 Å². The topological polar surface area (TPSA) is 56.7 Å². The van der Waals surface area contributed by atoms with Gasteiger partial charge in [-0.25, -0.2) is 4.98 Å². The predicted octanol–water partition coefficient (Wildman–Crippen LogP) is 3.16. The highest BCUT2D eigenvalue weighted by Gasteiger charge is 2.10. The van der Waals surface area contributed by atoms with Gasteiger partial charge in [0.05, 0.1) is 11.4 Å². The molecule has 2 aromatic heterocycles. The molecule has 0 saturated heterocycles. The van der Waals surface area contributed by atoms with E-state index in [1.165, 1.54) is 5.56 Å². The van der Waals surface area contributed by atoms with Gasteiger partial charge in [0.1, 0.15) is 0 Å². The van der Waals surface area contributed by atoms with Crippen molar-refractivity contribution in [1.82, 2.24) is 19.7 Å². The van der Waals surface area contributed by atoms with E-state index in [9.17, 15) is 0 Å². The van der Waals surface area contributed by atoms with Crippen LogP contribution >= 0.6 is 11.8 Å². The van der Waals surface area contributed by atoms with Crippen molar-refractivity contribution in [3.63, 3.8) is 0 Å². The van der Waals surface area contributed by atoms with Crippen molar-refractivity contribution >= 4 is 11.8 Å². The molecule has 102 valence electrons. The largest absolute Gasteiger partial charge is 0.425 e. The summed E-state index contributed by atoms with van der Waals surface area (Å²) in [6.45, 7) is 3.88. The molecule has 20 heavy (non-hydrogen) atoms. The first-order valence-corrected chi connectivity index (χ1v) is 7.24. The third-order valence-corrected chi connectivity index (χ3v) is 3.83. The van der Waals surface area contributed by atoms with Gasteiger partial charge >= 0.3 is 0 Å². The molecule has 0 amide bonds. The zero-order chi connectivity index (χ0) is 13.9. The summed E-state index contributed by atoms with van der Waals surface area (Å²) in [4.78, 5) is 4.39. The Balaban J connectivity index is 1.82. The van der Waals surface area contributed by atoms with Gasteiger partial charge < -0.3 is 4.42 Å². The lowest BCUT2D eigenvalue weighted by atomic mass is 10.2. The van der Waals surface area contributed by atoms with E-state index < -0.39 is 0 Å². The Labute approximate surface area is 121 Å². The standard InChI is InChI=1S/C14H14N4OS/c1-10-5-3-4-6-12(10)18-8-7-15-14(18)20-9-13-17-16-11(2)19-13/h3-8H,9H2,1-2H3. The zero-order valence-corrected chi connectivity index (χ0v) is 12.1. The minimum Gasteiger partial charge on any atom is -0.425 e. The number of thioether (sulfide) groups is 1. The first-order chi connectivity index (χ1) is 9.74. The van der Waals surface area contributed by atoms with E-state index in [0.29, 0.717) is 17.5 Å². The second kappa shape index (κ2) is 5.50. The lowest BCUT2D eigenvalue weighted by Crippen LogP contribution is -1.97. The monoisotopic (exact) mass is 286 g/mol. The van der Waals surface area contributed by atoms with Crippen molar-refractivity contribution in [2.45, 2.75) is 24.8 Å². The van der Waals surface area contributed by atoms with Crippen LogP contribution in [0.15, 0.2) is 46.2 Å². The Bertz CT molecular complexity index is 719. The van der Waals surface area contributed by atoms with E-state index in [4.69, 9.17) is 4.42 Å². The van der Waals surface area contributed by atoms with Gasteiger partial charge in [-0.1, -0.05) is 30.0 Å². The minimum atomic E-state index is 0.586. The molecular weight excluding hydrogens is 272 g/mol. The molecule has 0 bridgehead atoms. The maximum absolute atomic E-state index is 5.37. The van der Waals surface area contributed by atoms with Crippen molar-refractivity contribution in [2.24, 2.45) is 0 Å². The molecule has 0 unspecified atom stereocenters. The molecule has 2 heterocycles. The van der Waals surface area contributed by atoms with Crippen LogP contribution in [0.1, 0.15) is 17.3 Å². The Morgan fingerprint density at radius 1 is 1.20 bits per heavy atom. The molecule has 0 aliphatic rings. The molecule has 0 radical (unpaired) electrons. The third-order valence-electron chi connectivity index (χ3n) is 2.87. The number of imidazole rings is 1. The predicted molar refractivity (Wildman–Crippen MR) is 76.9 cm³/mol. The molecule has 0 N–H and O–H groups in total. The van der Waals surface area contributed by atoms with Crippen molar-refractivity contribution in [3.8, 4) is 5.69 Å². The second-order valence-electron chi connectivity index (χ2n) is 4.37. The molecular formula is C14H14N4OS. The second-order valence-corrected chi connectivity index (χ2v) is 5.31. The summed E-state index contributed by atoms with van der Waals surface area (Å²) in [5.41, 5.74) is 2.34. The third kappa shape index (κ3) is 2.60. The molecule has 6 heteroatoms. The highest BCUT2D eigenvalue weighted by atomic mass is 32.2. The summed E-state index contributed by atoms with van der Waals surface area (Å²) in [6, 6.07) is 8.23. The van der Waals surface area contributed by atoms with Crippen LogP contribution < -0.4 is 0 Å². The number of para-hydroxylation sites is 1. The minimum absolute atomic E-state index is 0.586. The Kier molecular flexibility index (Phi) is 3.56. The molecule has 1 aromatic carbocycles. The first-order valence-electron chi connectivity index (χ1n) is 6.25. The smallest absolute Gasteiger partial charge is 0.226 e. The van der Waals surface area contributed by atoms with Crippen molar-refractivity contribution in [3.05, 3.63) is 54.0 Å². The molecule has 0 aliphatic heterocycles. The maximum atomic E-state index is 5.37. The van der Waals surface area contributed by atoms with Crippen molar-refractivity contribution in [1.29, 1.82) is 0 Å². The number of hydrogen-bond acceptors (Lipinski definition) is 5. The zero-order valence-electron chi connectivity index (χ0n) is 11.3. The van der Waals surface area contributed by atoms with Crippen LogP contribution in [0, 0.1) is 13.8 Å². The molecule has 0 saturated carbocycles. The lowest BCUT2D eigenvalue weighted by molar-refractivity contribution is 0.485. The summed E-state index contributed by atoms with van der Waals surface area (Å²) in [6.07, 6.45) is 3.76. The van der Waals surface area contributed by atoms with Crippen LogP contribution in [0.2, 0.25) is 0 Å². The van der Waals surface area contributed by atoms with Gasteiger partial charge in [0.25, 0.3) is 0 Å². The molecule has 0 atom stereocenters. The van der Waals surface area contributed by atoms with Crippen LogP contribution in [-0.4, -0.2) is 19.7 Å². The average molecular weight is 286 g/mol. The number of benzene rings is 1. The average Bonchev–Trinajstić information content (AvgIpc) is 3.06. The van der Waals surface area contributed by atoms with Gasteiger partial charge in [-0.2, -0.15) is 0 Å². The number of aryl methyl sites for hydroxylation is 2. The summed E-state index contributed by atoms with van der Waals surface area (Å²) in [5, 5.41) is 8.73. The van der Waals surface area contributed by atoms with Crippen LogP contribution in [0.25, 0.3) is 5.69 Å². The molecule has 3 aromatic rings. The quantitative estimate of drug-likeness (QED) is 0.689. The Morgan fingerprint density at radius 3 is 2.80 bits per heavy atom. The van der Waals surface area contributed by atoms with E-state index in [1.807, 2.05) is 18.3 Å². The number of rotatable bonds is 4. The molecule has 0 spiro atoms. The Hall–Kier alpha value is -2.08. The molecule has 0 fully saturated rings. The molecule has 3 rings (SSSR count). The van der Waals surface area contributed by atoms with Crippen LogP contribution in [0.4, 0.5) is 0 Å². The maximum Gasteiger partial charge on any atom is 0.226 e. The lowest BCUT2D eigenvalue weighted by Gasteiger charge is -2.09. The Morgan fingerprint density at radius 2 is 2.05 bits per heavy atom. The fraction of sp³-hybridized carbons (Fsp3) is 0.214.